The van der Waals surface area contributed by atoms with Gasteiger partial charge in [-0.3, -0.25) is 0 Å². The van der Waals surface area contributed by atoms with E-state index in [2.05, 4.69) is 4.98 Å². The Morgan fingerprint density at radius 1 is 1.64 bits per heavy atom. The number of aryl methyl sites for hydroxylation is 1. The van der Waals surface area contributed by atoms with Gasteiger partial charge in [-0.1, -0.05) is 0 Å². The van der Waals surface area contributed by atoms with Gasteiger partial charge in [0, 0.05) is 19.8 Å². The Hall–Kier alpha value is -1.58. The van der Waals surface area contributed by atoms with Crippen LogP contribution in [-0.4, -0.2) is 29.7 Å². The van der Waals surface area contributed by atoms with E-state index in [0.29, 0.717) is 5.82 Å². The van der Waals surface area contributed by atoms with E-state index in [4.69, 9.17) is 5.11 Å². The third-order valence-electron chi connectivity index (χ3n) is 2.19. The molecule has 1 N–H and O–H groups in total. The van der Waals surface area contributed by atoms with E-state index < -0.39 is 5.97 Å². The molecule has 4 nitrogen and oxygen atoms in total. The summed E-state index contributed by atoms with van der Waals surface area (Å²) in [5, 5.41) is 9.02. The number of nitrogens with zero attached hydrogens (tertiary/aromatic N) is 2. The van der Waals surface area contributed by atoms with E-state index in [9.17, 15) is 4.79 Å². The van der Waals surface area contributed by atoms with Crippen LogP contribution < -0.4 is 4.90 Å². The molecule has 1 rings (SSSR count). The Morgan fingerprint density at radius 3 is 2.79 bits per heavy atom. The van der Waals surface area contributed by atoms with Crippen LogP contribution in [-0.2, 0) is 0 Å². The molecule has 0 unspecified atom stereocenters. The van der Waals surface area contributed by atoms with Crippen LogP contribution in [0.3, 0.4) is 0 Å². The SMILES string of the molecule is CCN(C)c1nccc(C)c1C(=O)O. The highest BCUT2D eigenvalue weighted by molar-refractivity contribution is 5.94. The summed E-state index contributed by atoms with van der Waals surface area (Å²) in [6, 6.07) is 1.70. The number of hydrogen-bond donors (Lipinski definition) is 1. The fraction of sp³-hybridized carbons (Fsp3) is 0.400. The summed E-state index contributed by atoms with van der Waals surface area (Å²) in [7, 11) is 1.83. The van der Waals surface area contributed by atoms with Gasteiger partial charge < -0.3 is 10.0 Å². The first-order chi connectivity index (χ1) is 6.57. The summed E-state index contributed by atoms with van der Waals surface area (Å²) in [4.78, 5) is 16.9. The lowest BCUT2D eigenvalue weighted by Gasteiger charge is -2.18. The minimum absolute atomic E-state index is 0.289. The fourth-order valence-corrected chi connectivity index (χ4v) is 1.25. The van der Waals surface area contributed by atoms with Crippen molar-refractivity contribution in [2.24, 2.45) is 0 Å². The van der Waals surface area contributed by atoms with Crippen LogP contribution in [0.5, 0.6) is 0 Å². The fourth-order valence-electron chi connectivity index (χ4n) is 1.25. The van der Waals surface area contributed by atoms with E-state index in [1.54, 1.807) is 19.2 Å². The molecule has 4 heteroatoms. The van der Waals surface area contributed by atoms with Crippen LogP contribution in [0.2, 0.25) is 0 Å². The largest absolute Gasteiger partial charge is 0.478 e. The third kappa shape index (κ3) is 1.84. The van der Waals surface area contributed by atoms with Gasteiger partial charge in [0.25, 0.3) is 0 Å². The van der Waals surface area contributed by atoms with Gasteiger partial charge in [-0.2, -0.15) is 0 Å². The van der Waals surface area contributed by atoms with E-state index >= 15 is 0 Å². The number of pyridine rings is 1. The molecule has 0 aliphatic carbocycles. The Morgan fingerprint density at radius 2 is 2.29 bits per heavy atom. The highest BCUT2D eigenvalue weighted by Crippen LogP contribution is 2.19. The van der Waals surface area contributed by atoms with E-state index in [1.807, 2.05) is 18.9 Å². The smallest absolute Gasteiger partial charge is 0.339 e. The molecule has 0 aliphatic rings. The monoisotopic (exact) mass is 194 g/mol. The maximum atomic E-state index is 11.0. The zero-order valence-corrected chi connectivity index (χ0v) is 8.61. The molecule has 0 aliphatic heterocycles. The first-order valence-electron chi connectivity index (χ1n) is 4.48. The van der Waals surface area contributed by atoms with Gasteiger partial charge in [0.1, 0.15) is 11.4 Å². The lowest BCUT2D eigenvalue weighted by atomic mass is 10.1. The molecule has 0 aromatic carbocycles. The van der Waals surface area contributed by atoms with E-state index in [1.165, 1.54) is 0 Å². The number of carboxylic acids is 1. The van der Waals surface area contributed by atoms with Crippen molar-refractivity contribution in [1.82, 2.24) is 4.98 Å². The van der Waals surface area contributed by atoms with Crippen molar-refractivity contribution >= 4 is 11.8 Å². The first kappa shape index (κ1) is 10.5. The number of rotatable bonds is 3. The molecule has 0 atom stereocenters. The highest BCUT2D eigenvalue weighted by atomic mass is 16.4. The number of aromatic nitrogens is 1. The maximum absolute atomic E-state index is 11.0. The van der Waals surface area contributed by atoms with Gasteiger partial charge in [-0.25, -0.2) is 9.78 Å². The number of carbonyl (C=O) groups is 1. The zero-order valence-electron chi connectivity index (χ0n) is 8.61. The molecule has 0 radical (unpaired) electrons. The molecular weight excluding hydrogens is 180 g/mol. The Labute approximate surface area is 83.2 Å². The molecule has 0 saturated heterocycles. The number of carboxylic acid groups (broad SMARTS) is 1. The van der Waals surface area contributed by atoms with Crippen LogP contribution >= 0.6 is 0 Å². The summed E-state index contributed by atoms with van der Waals surface area (Å²) in [5.41, 5.74) is 1.03. The van der Waals surface area contributed by atoms with Crippen molar-refractivity contribution in [2.45, 2.75) is 13.8 Å². The summed E-state index contributed by atoms with van der Waals surface area (Å²) in [5.74, 6) is -0.397. The first-order valence-corrected chi connectivity index (χ1v) is 4.48. The Kier molecular flexibility index (Phi) is 3.06. The van der Waals surface area contributed by atoms with E-state index in [-0.39, 0.29) is 5.56 Å². The van der Waals surface area contributed by atoms with Crippen LogP contribution in [0.1, 0.15) is 22.8 Å². The topological polar surface area (TPSA) is 53.4 Å². The number of aromatic carboxylic acids is 1. The zero-order chi connectivity index (χ0) is 10.7. The lowest BCUT2D eigenvalue weighted by Crippen LogP contribution is -2.21. The molecule has 0 saturated carbocycles. The Balaban J connectivity index is 3.28. The summed E-state index contributed by atoms with van der Waals surface area (Å²) < 4.78 is 0. The molecule has 0 fully saturated rings. The third-order valence-corrected chi connectivity index (χ3v) is 2.19. The van der Waals surface area contributed by atoms with Crippen LogP contribution in [0.15, 0.2) is 12.3 Å². The lowest BCUT2D eigenvalue weighted by molar-refractivity contribution is 0.0696. The van der Waals surface area contributed by atoms with Crippen LogP contribution in [0.25, 0.3) is 0 Å². The molecule has 0 bridgehead atoms. The highest BCUT2D eigenvalue weighted by Gasteiger charge is 2.16. The van der Waals surface area contributed by atoms with Gasteiger partial charge in [-0.05, 0) is 25.5 Å². The average Bonchev–Trinajstić information content (AvgIpc) is 2.15. The van der Waals surface area contributed by atoms with Gasteiger partial charge in [0.2, 0.25) is 0 Å². The van der Waals surface area contributed by atoms with Crippen molar-refractivity contribution in [3.05, 3.63) is 23.4 Å². The molecule has 1 aromatic rings. The standard InChI is InChI=1S/C10H14N2O2/c1-4-12(3)9-8(10(13)14)7(2)5-6-11-9/h5-6H,4H2,1-3H3,(H,13,14). The van der Waals surface area contributed by atoms with Gasteiger partial charge in [-0.15, -0.1) is 0 Å². The second-order valence-electron chi connectivity index (χ2n) is 3.15. The predicted molar refractivity (Wildman–Crippen MR) is 54.9 cm³/mol. The second kappa shape index (κ2) is 4.09. The summed E-state index contributed by atoms with van der Waals surface area (Å²) >= 11 is 0. The van der Waals surface area contributed by atoms with Crippen molar-refractivity contribution in [1.29, 1.82) is 0 Å². The molecular formula is C10H14N2O2. The molecule has 76 valence electrons. The molecule has 0 amide bonds. The van der Waals surface area contributed by atoms with Gasteiger partial charge in [0.15, 0.2) is 0 Å². The number of anilines is 1. The van der Waals surface area contributed by atoms with E-state index in [0.717, 1.165) is 12.1 Å². The molecule has 1 heterocycles. The van der Waals surface area contributed by atoms with Crippen LogP contribution in [0.4, 0.5) is 5.82 Å². The molecule has 14 heavy (non-hydrogen) atoms. The van der Waals surface area contributed by atoms with Gasteiger partial charge in [0.05, 0.1) is 0 Å². The Bertz CT molecular complexity index is 350. The predicted octanol–water partition coefficient (Wildman–Crippen LogP) is 1.54. The minimum Gasteiger partial charge on any atom is -0.478 e. The average molecular weight is 194 g/mol. The van der Waals surface area contributed by atoms with Crippen molar-refractivity contribution < 1.29 is 9.90 Å². The molecule has 1 aromatic heterocycles. The quantitative estimate of drug-likeness (QED) is 0.793. The van der Waals surface area contributed by atoms with Crippen molar-refractivity contribution in [2.75, 3.05) is 18.5 Å². The maximum Gasteiger partial charge on any atom is 0.339 e. The molecule has 0 spiro atoms. The summed E-state index contributed by atoms with van der Waals surface area (Å²) in [6.07, 6.45) is 1.63. The van der Waals surface area contributed by atoms with Crippen LogP contribution in [0, 0.1) is 6.92 Å². The summed E-state index contributed by atoms with van der Waals surface area (Å²) in [6.45, 7) is 4.46. The second-order valence-corrected chi connectivity index (χ2v) is 3.15. The van der Waals surface area contributed by atoms with Crippen molar-refractivity contribution in [3.8, 4) is 0 Å². The van der Waals surface area contributed by atoms with Gasteiger partial charge >= 0.3 is 5.97 Å². The normalized spacial score (nSPS) is 9.93. The minimum atomic E-state index is -0.925. The van der Waals surface area contributed by atoms with Crippen molar-refractivity contribution in [3.63, 3.8) is 0 Å². The number of hydrogen-bond acceptors (Lipinski definition) is 3.